The van der Waals surface area contributed by atoms with Gasteiger partial charge in [-0.05, 0) is 94.4 Å². The molecule has 0 fully saturated rings. The van der Waals surface area contributed by atoms with Gasteiger partial charge in [0, 0.05) is 9.75 Å². The topological polar surface area (TPSA) is 0 Å². The Morgan fingerprint density at radius 2 is 1.33 bits per heavy atom. The van der Waals surface area contributed by atoms with Crippen LogP contribution in [0.4, 0.5) is 0 Å². The molecule has 3 aromatic heterocycles. The van der Waals surface area contributed by atoms with Gasteiger partial charge in [0.1, 0.15) is 0 Å². The molecule has 0 aliphatic rings. The first-order valence-electron chi connectivity index (χ1n) is 9.75. The van der Waals surface area contributed by atoms with Gasteiger partial charge in [-0.2, -0.15) is 11.3 Å². The fourth-order valence-corrected chi connectivity index (χ4v) is 5.46. The summed E-state index contributed by atoms with van der Waals surface area (Å²) in [6.45, 7) is 19.9. The maximum atomic E-state index is 2.26. The predicted octanol–water partition coefficient (Wildman–Crippen LogP) is 9.54. The van der Waals surface area contributed by atoms with E-state index in [4.69, 9.17) is 0 Å². The van der Waals surface area contributed by atoms with Crippen molar-refractivity contribution in [1.82, 2.24) is 0 Å². The molecule has 0 aliphatic carbocycles. The summed E-state index contributed by atoms with van der Waals surface area (Å²) in [5.41, 5.74) is 5.91. The minimum atomic E-state index is 0.690. The van der Waals surface area contributed by atoms with Gasteiger partial charge < -0.3 is 0 Å². The quantitative estimate of drug-likeness (QED) is 0.395. The zero-order chi connectivity index (χ0) is 20.6. The van der Waals surface area contributed by atoms with Crippen LogP contribution in [0.25, 0.3) is 0 Å². The second-order valence-corrected chi connectivity index (χ2v) is 10.9. The van der Waals surface area contributed by atoms with Gasteiger partial charge in [0.15, 0.2) is 0 Å². The van der Waals surface area contributed by atoms with Gasteiger partial charge in [0.2, 0.25) is 0 Å². The first-order valence-corrected chi connectivity index (χ1v) is 12.4. The number of thiophene rings is 3. The van der Waals surface area contributed by atoms with Gasteiger partial charge in [-0.25, -0.2) is 0 Å². The van der Waals surface area contributed by atoms with Crippen LogP contribution in [0.2, 0.25) is 0 Å². The third kappa shape index (κ3) is 8.33. The Hall–Kier alpha value is -0.900. The Labute approximate surface area is 179 Å². The van der Waals surface area contributed by atoms with Crippen molar-refractivity contribution in [2.24, 2.45) is 0 Å². The minimum Gasteiger partial charge on any atom is -0.152 e. The molecule has 0 saturated heterocycles. The van der Waals surface area contributed by atoms with Crippen molar-refractivity contribution in [3.63, 3.8) is 0 Å². The van der Waals surface area contributed by atoms with Crippen LogP contribution in [0.3, 0.4) is 0 Å². The third-order valence-electron chi connectivity index (χ3n) is 4.46. The zero-order valence-corrected chi connectivity index (χ0v) is 20.9. The molecular formula is C24H36S3. The van der Waals surface area contributed by atoms with Crippen LogP contribution in [-0.2, 0) is 0 Å². The Kier molecular flexibility index (Phi) is 10.6. The minimum absolute atomic E-state index is 0.690. The molecule has 0 aromatic carbocycles. The molecule has 0 radical (unpaired) electrons. The van der Waals surface area contributed by atoms with E-state index in [1.54, 1.807) is 11.3 Å². The van der Waals surface area contributed by atoms with Gasteiger partial charge in [0.05, 0.1) is 0 Å². The maximum absolute atomic E-state index is 2.26. The summed E-state index contributed by atoms with van der Waals surface area (Å²) in [6.07, 6.45) is 0. The Morgan fingerprint density at radius 1 is 0.704 bits per heavy atom. The van der Waals surface area contributed by atoms with Crippen molar-refractivity contribution in [2.45, 2.75) is 80.1 Å². The van der Waals surface area contributed by atoms with Gasteiger partial charge in [-0.3, -0.25) is 0 Å². The van der Waals surface area contributed by atoms with Crippen molar-refractivity contribution in [3.05, 3.63) is 65.7 Å². The third-order valence-corrected chi connectivity index (χ3v) is 7.08. The number of hydrogen-bond acceptors (Lipinski definition) is 3. The van der Waals surface area contributed by atoms with E-state index in [9.17, 15) is 0 Å². The molecule has 0 amide bonds. The standard InChI is InChI=1S/3C8H12S/c1-6(2)8-5-9-4-7(8)3;1-6(2)8-4-7(3)9-5-8;1-6(2)8-4-5-9-7(8)3/h3*4-6H,1-3H3. The van der Waals surface area contributed by atoms with Crippen molar-refractivity contribution in [1.29, 1.82) is 0 Å². The fraction of sp³-hybridized carbons (Fsp3) is 0.500. The lowest BCUT2D eigenvalue weighted by molar-refractivity contribution is 0.863. The summed E-state index contributed by atoms with van der Waals surface area (Å²) >= 11 is 5.46. The van der Waals surface area contributed by atoms with E-state index in [2.05, 4.69) is 96.0 Å². The van der Waals surface area contributed by atoms with Crippen LogP contribution < -0.4 is 0 Å². The molecule has 0 spiro atoms. The van der Waals surface area contributed by atoms with Crippen LogP contribution >= 0.6 is 34.0 Å². The summed E-state index contributed by atoms with van der Waals surface area (Å²) in [5.74, 6) is 2.07. The molecule has 0 atom stereocenters. The summed E-state index contributed by atoms with van der Waals surface area (Å²) < 4.78 is 0. The normalized spacial score (nSPS) is 10.7. The Morgan fingerprint density at radius 3 is 1.56 bits per heavy atom. The van der Waals surface area contributed by atoms with Crippen molar-refractivity contribution in [2.75, 3.05) is 0 Å². The summed E-state index contributed by atoms with van der Waals surface area (Å²) in [4.78, 5) is 2.88. The number of rotatable bonds is 3. The van der Waals surface area contributed by atoms with Crippen molar-refractivity contribution >= 4 is 34.0 Å². The fourth-order valence-electron chi connectivity index (χ4n) is 2.72. The SMILES string of the molecule is Cc1cc(C(C)C)cs1.Cc1cscc1C(C)C.Cc1sccc1C(C)C. The number of aryl methyl sites for hydroxylation is 3. The molecule has 0 bridgehead atoms. The van der Waals surface area contributed by atoms with Gasteiger partial charge >= 0.3 is 0 Å². The predicted molar refractivity (Wildman–Crippen MR) is 129 cm³/mol. The second-order valence-electron chi connectivity index (χ2n) is 7.90. The van der Waals surface area contributed by atoms with E-state index in [0.717, 1.165) is 0 Å². The molecule has 3 heterocycles. The van der Waals surface area contributed by atoms with Crippen LogP contribution in [0, 0.1) is 20.8 Å². The second kappa shape index (κ2) is 11.8. The first-order chi connectivity index (χ1) is 12.6. The van der Waals surface area contributed by atoms with E-state index in [-0.39, 0.29) is 0 Å². The molecule has 3 rings (SSSR count). The largest absolute Gasteiger partial charge is 0.152 e. The maximum Gasteiger partial charge on any atom is 0.00488 e. The van der Waals surface area contributed by atoms with Crippen LogP contribution in [0.5, 0.6) is 0 Å². The van der Waals surface area contributed by atoms with E-state index in [0.29, 0.717) is 17.8 Å². The molecule has 150 valence electrons. The van der Waals surface area contributed by atoms with Crippen LogP contribution in [-0.4, -0.2) is 0 Å². The molecular weight excluding hydrogens is 384 g/mol. The van der Waals surface area contributed by atoms with E-state index in [1.807, 2.05) is 22.7 Å². The smallest absolute Gasteiger partial charge is 0.00488 e. The molecule has 0 N–H and O–H groups in total. The van der Waals surface area contributed by atoms with E-state index >= 15 is 0 Å². The highest BCUT2D eigenvalue weighted by Gasteiger charge is 2.02. The van der Waals surface area contributed by atoms with Crippen LogP contribution in [0.15, 0.2) is 33.7 Å². The van der Waals surface area contributed by atoms with E-state index in [1.165, 1.54) is 32.0 Å². The molecule has 3 aromatic rings. The van der Waals surface area contributed by atoms with Gasteiger partial charge in [0.25, 0.3) is 0 Å². The lowest BCUT2D eigenvalue weighted by atomic mass is 10.0. The lowest BCUT2D eigenvalue weighted by Crippen LogP contribution is -1.84. The highest BCUT2D eigenvalue weighted by atomic mass is 32.1. The Balaban J connectivity index is 0.000000202. The van der Waals surface area contributed by atoms with Crippen LogP contribution in [0.1, 0.15) is 91.3 Å². The average molecular weight is 421 g/mol. The molecule has 3 heteroatoms. The molecule has 27 heavy (non-hydrogen) atoms. The van der Waals surface area contributed by atoms with Gasteiger partial charge in [-0.1, -0.05) is 41.5 Å². The molecule has 0 unspecified atom stereocenters. The van der Waals surface area contributed by atoms with Crippen molar-refractivity contribution in [3.8, 4) is 0 Å². The summed E-state index contributed by atoms with van der Waals surface area (Å²) in [5, 5.41) is 8.83. The lowest BCUT2D eigenvalue weighted by Gasteiger charge is -2.01. The monoisotopic (exact) mass is 420 g/mol. The summed E-state index contributed by atoms with van der Waals surface area (Å²) in [6, 6.07) is 4.47. The molecule has 0 aliphatic heterocycles. The average Bonchev–Trinajstić information content (AvgIpc) is 3.29. The zero-order valence-electron chi connectivity index (χ0n) is 18.4. The van der Waals surface area contributed by atoms with Crippen molar-refractivity contribution < 1.29 is 0 Å². The van der Waals surface area contributed by atoms with E-state index < -0.39 is 0 Å². The first kappa shape index (κ1) is 24.1. The molecule has 0 saturated carbocycles. The Bertz CT molecular complexity index is 725. The van der Waals surface area contributed by atoms with Gasteiger partial charge in [-0.15, -0.1) is 22.7 Å². The number of hydrogen-bond donors (Lipinski definition) is 0. The highest BCUT2D eigenvalue weighted by Crippen LogP contribution is 2.23. The molecule has 0 nitrogen and oxygen atoms in total. The highest BCUT2D eigenvalue weighted by molar-refractivity contribution is 7.10. The summed E-state index contributed by atoms with van der Waals surface area (Å²) in [7, 11) is 0.